The minimum absolute atomic E-state index is 0.761. The molecular weight excluding hydrogens is 234 g/mol. The minimum Gasteiger partial charge on any atom is -0.377 e. The van der Waals surface area contributed by atoms with Crippen LogP contribution in [-0.4, -0.2) is 36.2 Å². The van der Waals surface area contributed by atoms with E-state index >= 15 is 0 Å². The molecule has 4 nitrogen and oxygen atoms in total. The molecule has 0 aliphatic carbocycles. The van der Waals surface area contributed by atoms with Gasteiger partial charge in [0, 0.05) is 6.54 Å². The number of anilines is 1. The van der Waals surface area contributed by atoms with E-state index in [9.17, 15) is 0 Å². The van der Waals surface area contributed by atoms with Crippen LogP contribution in [0.1, 0.15) is 12.8 Å². The third-order valence-corrected chi connectivity index (χ3v) is 3.29. The predicted octanol–water partition coefficient (Wildman–Crippen LogP) is 2.35. The largest absolute Gasteiger partial charge is 0.377 e. The number of aromatic nitrogens is 2. The van der Waals surface area contributed by atoms with Gasteiger partial charge in [-0.15, -0.1) is 22.0 Å². The molecule has 1 aromatic rings. The second-order valence-electron chi connectivity index (χ2n) is 3.82. The first kappa shape index (κ1) is 12.4. The second-order valence-corrected chi connectivity index (χ2v) is 4.65. The van der Waals surface area contributed by atoms with Crippen LogP contribution in [0.15, 0.2) is 28.8 Å². The molecule has 92 valence electrons. The van der Waals surface area contributed by atoms with Crippen molar-refractivity contribution in [1.82, 2.24) is 10.2 Å². The van der Waals surface area contributed by atoms with Gasteiger partial charge in [-0.2, -0.15) is 0 Å². The summed E-state index contributed by atoms with van der Waals surface area (Å²) in [5, 5.41) is 12.4. The zero-order valence-corrected chi connectivity index (χ0v) is 10.8. The number of ether oxygens (including phenoxy) is 1. The van der Waals surface area contributed by atoms with E-state index in [0.29, 0.717) is 0 Å². The first-order valence-corrected chi connectivity index (χ1v) is 6.98. The Labute approximate surface area is 106 Å². The van der Waals surface area contributed by atoms with Gasteiger partial charge in [0.15, 0.2) is 0 Å². The van der Waals surface area contributed by atoms with Crippen molar-refractivity contribution < 1.29 is 4.74 Å². The lowest BCUT2D eigenvalue weighted by atomic mass is 10.1. The standard InChI is InChI=1S/C12H17N3OS/c1-17-12-3-2-11(14-15-12)13-7-4-10-5-8-16-9-6-10/h2-3,5H,4,6-9H2,1H3,(H,13,14). The average Bonchev–Trinajstić information content (AvgIpc) is 2.41. The van der Waals surface area contributed by atoms with E-state index in [1.165, 1.54) is 5.57 Å². The number of hydrogen-bond acceptors (Lipinski definition) is 5. The molecule has 0 spiro atoms. The number of rotatable bonds is 5. The maximum Gasteiger partial charge on any atom is 0.148 e. The van der Waals surface area contributed by atoms with E-state index in [1.54, 1.807) is 11.8 Å². The van der Waals surface area contributed by atoms with Crippen molar-refractivity contribution in [2.75, 3.05) is 31.3 Å². The highest BCUT2D eigenvalue weighted by molar-refractivity contribution is 7.98. The van der Waals surface area contributed by atoms with Crippen molar-refractivity contribution >= 4 is 17.6 Å². The average molecular weight is 251 g/mol. The highest BCUT2D eigenvalue weighted by Crippen LogP contribution is 2.13. The molecule has 1 aliphatic rings. The summed E-state index contributed by atoms with van der Waals surface area (Å²) in [6.45, 7) is 2.52. The highest BCUT2D eigenvalue weighted by Gasteiger charge is 2.03. The Morgan fingerprint density at radius 2 is 2.35 bits per heavy atom. The van der Waals surface area contributed by atoms with Crippen LogP contribution in [0.4, 0.5) is 5.82 Å². The van der Waals surface area contributed by atoms with Crippen molar-refractivity contribution in [3.8, 4) is 0 Å². The molecule has 0 aromatic carbocycles. The fraction of sp³-hybridized carbons (Fsp3) is 0.500. The van der Waals surface area contributed by atoms with Gasteiger partial charge in [0.05, 0.1) is 13.2 Å². The molecule has 17 heavy (non-hydrogen) atoms. The van der Waals surface area contributed by atoms with E-state index in [0.717, 1.165) is 43.4 Å². The van der Waals surface area contributed by atoms with Crippen molar-refractivity contribution in [3.05, 3.63) is 23.8 Å². The minimum atomic E-state index is 0.761. The SMILES string of the molecule is CSc1ccc(NCCC2=CCOCC2)nn1. The monoisotopic (exact) mass is 251 g/mol. The van der Waals surface area contributed by atoms with E-state index in [-0.39, 0.29) is 0 Å². The number of thioether (sulfide) groups is 1. The molecule has 0 bridgehead atoms. The summed E-state index contributed by atoms with van der Waals surface area (Å²) in [5.74, 6) is 0.843. The van der Waals surface area contributed by atoms with Gasteiger partial charge in [0.2, 0.25) is 0 Å². The van der Waals surface area contributed by atoms with E-state index in [1.807, 2.05) is 18.4 Å². The number of nitrogens with zero attached hydrogens (tertiary/aromatic N) is 2. The zero-order valence-electron chi connectivity index (χ0n) is 9.98. The first-order valence-electron chi connectivity index (χ1n) is 5.76. The van der Waals surface area contributed by atoms with Crippen molar-refractivity contribution in [3.63, 3.8) is 0 Å². The molecule has 0 radical (unpaired) electrons. The lowest BCUT2D eigenvalue weighted by molar-refractivity contribution is 0.153. The number of nitrogens with one attached hydrogen (secondary N) is 1. The van der Waals surface area contributed by atoms with E-state index in [4.69, 9.17) is 4.74 Å². The van der Waals surface area contributed by atoms with Crippen LogP contribution in [-0.2, 0) is 4.74 Å². The summed E-state index contributed by atoms with van der Waals surface area (Å²) in [4.78, 5) is 0. The summed E-state index contributed by atoms with van der Waals surface area (Å²) in [6, 6.07) is 3.95. The van der Waals surface area contributed by atoms with Crippen LogP contribution in [0.3, 0.4) is 0 Å². The Morgan fingerprint density at radius 3 is 3.00 bits per heavy atom. The zero-order chi connectivity index (χ0) is 11.9. The molecule has 0 fully saturated rings. The van der Waals surface area contributed by atoms with E-state index < -0.39 is 0 Å². The fourth-order valence-electron chi connectivity index (χ4n) is 1.67. The summed E-state index contributed by atoms with van der Waals surface area (Å²) in [5.41, 5.74) is 1.47. The quantitative estimate of drug-likeness (QED) is 0.643. The van der Waals surface area contributed by atoms with Gasteiger partial charge in [0.25, 0.3) is 0 Å². The fourth-order valence-corrected chi connectivity index (χ4v) is 1.99. The summed E-state index contributed by atoms with van der Waals surface area (Å²) in [6.07, 6.45) is 6.27. The predicted molar refractivity (Wildman–Crippen MR) is 70.4 cm³/mol. The summed E-state index contributed by atoms with van der Waals surface area (Å²) in [7, 11) is 0. The second kappa shape index (κ2) is 6.61. The molecular formula is C12H17N3OS. The van der Waals surface area contributed by atoms with Crippen molar-refractivity contribution in [1.29, 1.82) is 0 Å². The van der Waals surface area contributed by atoms with Gasteiger partial charge in [0.1, 0.15) is 10.8 Å². The van der Waals surface area contributed by atoms with Gasteiger partial charge in [-0.05, 0) is 31.2 Å². The normalized spacial score (nSPS) is 15.5. The van der Waals surface area contributed by atoms with Gasteiger partial charge in [-0.1, -0.05) is 11.6 Å². The summed E-state index contributed by atoms with van der Waals surface area (Å²) >= 11 is 1.60. The van der Waals surface area contributed by atoms with Crippen LogP contribution in [0.5, 0.6) is 0 Å². The molecule has 0 unspecified atom stereocenters. The Morgan fingerprint density at radius 1 is 1.41 bits per heavy atom. The van der Waals surface area contributed by atoms with Crippen LogP contribution in [0.2, 0.25) is 0 Å². The summed E-state index contributed by atoms with van der Waals surface area (Å²) < 4.78 is 5.27. The molecule has 2 heterocycles. The smallest absolute Gasteiger partial charge is 0.148 e. The van der Waals surface area contributed by atoms with E-state index in [2.05, 4.69) is 21.6 Å². The van der Waals surface area contributed by atoms with Crippen LogP contribution in [0, 0.1) is 0 Å². The molecule has 5 heteroatoms. The van der Waals surface area contributed by atoms with Crippen LogP contribution >= 0.6 is 11.8 Å². The third kappa shape index (κ3) is 4.02. The molecule has 0 saturated heterocycles. The Bertz CT molecular complexity index is 378. The van der Waals surface area contributed by atoms with Crippen LogP contribution < -0.4 is 5.32 Å². The molecule has 0 amide bonds. The molecule has 1 aromatic heterocycles. The molecule has 0 saturated carbocycles. The molecule has 1 aliphatic heterocycles. The maximum atomic E-state index is 5.27. The van der Waals surface area contributed by atoms with Gasteiger partial charge in [-0.3, -0.25) is 0 Å². The lowest BCUT2D eigenvalue weighted by Crippen LogP contribution is -2.09. The maximum absolute atomic E-state index is 5.27. The molecule has 1 N–H and O–H groups in total. The Kier molecular flexibility index (Phi) is 4.82. The molecule has 0 atom stereocenters. The highest BCUT2D eigenvalue weighted by atomic mass is 32.2. The Hall–Kier alpha value is -1.07. The Balaban J connectivity index is 1.75. The third-order valence-electron chi connectivity index (χ3n) is 2.66. The first-order chi connectivity index (χ1) is 8.38. The van der Waals surface area contributed by atoms with Gasteiger partial charge < -0.3 is 10.1 Å². The molecule has 2 rings (SSSR count). The number of hydrogen-bond donors (Lipinski definition) is 1. The van der Waals surface area contributed by atoms with Crippen LogP contribution in [0.25, 0.3) is 0 Å². The topological polar surface area (TPSA) is 47.0 Å². The van der Waals surface area contributed by atoms with Gasteiger partial charge in [-0.25, -0.2) is 0 Å². The van der Waals surface area contributed by atoms with Gasteiger partial charge >= 0.3 is 0 Å². The lowest BCUT2D eigenvalue weighted by Gasteiger charge is -2.13. The van der Waals surface area contributed by atoms with Crippen molar-refractivity contribution in [2.45, 2.75) is 17.9 Å². The van der Waals surface area contributed by atoms with Crippen molar-refractivity contribution in [2.24, 2.45) is 0 Å².